The molecule has 1 fully saturated rings. The summed E-state index contributed by atoms with van der Waals surface area (Å²) in [5.74, 6) is -0.244. The van der Waals surface area contributed by atoms with Crippen LogP contribution < -0.4 is 0 Å². The molecule has 0 amide bonds. The summed E-state index contributed by atoms with van der Waals surface area (Å²) in [5, 5.41) is 28.2. The number of ether oxygens (including phenoxy) is 2. The van der Waals surface area contributed by atoms with Crippen LogP contribution >= 0.6 is 0 Å². The number of aliphatic hydroxyl groups is 3. The highest BCUT2D eigenvalue weighted by atomic mass is 16.6. The number of carbonyl (C=O) groups excluding carboxylic acids is 1. The average Bonchev–Trinajstić information content (AvgIpc) is 2.80. The van der Waals surface area contributed by atoms with Crippen LogP contribution in [0.5, 0.6) is 0 Å². The van der Waals surface area contributed by atoms with Crippen molar-refractivity contribution in [2.24, 2.45) is 0 Å². The van der Waals surface area contributed by atoms with E-state index >= 15 is 0 Å². The van der Waals surface area contributed by atoms with Crippen LogP contribution in [0.1, 0.15) is 77.6 Å². The van der Waals surface area contributed by atoms with Gasteiger partial charge in [-0.05, 0) is 6.42 Å². The Kier molecular flexibility index (Phi) is 11.2. The Hall–Kier alpha value is -0.690. The molecule has 1 rings (SSSR count). The minimum atomic E-state index is -1.37. The molecular weight excluding hydrogens is 312 g/mol. The van der Waals surface area contributed by atoms with Gasteiger partial charge in [-0.25, -0.2) is 0 Å². The number of esters is 1. The van der Waals surface area contributed by atoms with Crippen molar-refractivity contribution in [3.8, 4) is 0 Å². The molecule has 142 valence electrons. The first-order valence-corrected chi connectivity index (χ1v) is 9.41. The van der Waals surface area contributed by atoms with E-state index in [-0.39, 0.29) is 19.0 Å². The van der Waals surface area contributed by atoms with E-state index in [1.165, 1.54) is 38.5 Å². The first-order valence-electron chi connectivity index (χ1n) is 9.41. The number of carbonyl (C=O) groups is 1. The van der Waals surface area contributed by atoms with Gasteiger partial charge in [-0.1, -0.05) is 58.3 Å². The van der Waals surface area contributed by atoms with Gasteiger partial charge in [0, 0.05) is 12.8 Å². The van der Waals surface area contributed by atoms with E-state index in [1.807, 2.05) is 0 Å². The lowest BCUT2D eigenvalue weighted by atomic mass is 10.1. The van der Waals surface area contributed by atoms with Crippen molar-refractivity contribution in [1.82, 2.24) is 0 Å². The van der Waals surface area contributed by atoms with Gasteiger partial charge in [0.25, 0.3) is 0 Å². The van der Waals surface area contributed by atoms with E-state index in [2.05, 4.69) is 6.92 Å². The zero-order valence-electron chi connectivity index (χ0n) is 14.9. The zero-order chi connectivity index (χ0) is 17.8. The first-order chi connectivity index (χ1) is 11.6. The molecule has 0 aromatic carbocycles. The summed E-state index contributed by atoms with van der Waals surface area (Å²) in [6.45, 7) is 2.34. The fraction of sp³-hybridized carbons (Fsp3) is 0.944. The minimum absolute atomic E-state index is 0.122. The van der Waals surface area contributed by atoms with Gasteiger partial charge in [0.05, 0.1) is 12.7 Å². The molecule has 0 aliphatic carbocycles. The number of aliphatic hydroxyl groups excluding tert-OH is 3. The minimum Gasteiger partial charge on any atom is -0.466 e. The van der Waals surface area contributed by atoms with Crippen LogP contribution in [0.3, 0.4) is 0 Å². The Bertz CT molecular complexity index is 335. The quantitative estimate of drug-likeness (QED) is 0.350. The largest absolute Gasteiger partial charge is 0.466 e. The number of rotatable bonds is 13. The monoisotopic (exact) mass is 346 g/mol. The van der Waals surface area contributed by atoms with E-state index in [0.29, 0.717) is 6.42 Å². The fourth-order valence-corrected chi connectivity index (χ4v) is 2.91. The van der Waals surface area contributed by atoms with Gasteiger partial charge in [-0.3, -0.25) is 4.79 Å². The second-order valence-corrected chi connectivity index (χ2v) is 6.63. The summed E-state index contributed by atoms with van der Waals surface area (Å²) < 4.78 is 10.1. The van der Waals surface area contributed by atoms with Crippen LogP contribution in [0.2, 0.25) is 0 Å². The molecule has 1 heterocycles. The van der Waals surface area contributed by atoms with E-state index in [9.17, 15) is 20.1 Å². The lowest BCUT2D eigenvalue weighted by molar-refractivity contribution is -0.147. The van der Waals surface area contributed by atoms with E-state index < -0.39 is 24.6 Å². The molecular formula is C18H34O6. The predicted molar refractivity (Wildman–Crippen MR) is 90.3 cm³/mol. The molecule has 6 heteroatoms. The van der Waals surface area contributed by atoms with Gasteiger partial charge in [0.2, 0.25) is 0 Å². The van der Waals surface area contributed by atoms with Crippen molar-refractivity contribution in [3.63, 3.8) is 0 Å². The fourth-order valence-electron chi connectivity index (χ4n) is 2.91. The Morgan fingerprint density at radius 2 is 1.50 bits per heavy atom. The summed E-state index contributed by atoms with van der Waals surface area (Å²) in [4.78, 5) is 11.6. The lowest BCUT2D eigenvalue weighted by Crippen LogP contribution is -2.32. The second-order valence-electron chi connectivity index (χ2n) is 6.63. The molecule has 0 spiro atoms. The second kappa shape index (κ2) is 12.6. The smallest absolute Gasteiger partial charge is 0.305 e. The number of unbranched alkanes of at least 4 members (excludes halogenated alkanes) is 8. The Morgan fingerprint density at radius 1 is 0.917 bits per heavy atom. The summed E-state index contributed by atoms with van der Waals surface area (Å²) in [5.41, 5.74) is 0. The highest BCUT2D eigenvalue weighted by Gasteiger charge is 2.41. The number of hydrogen-bond acceptors (Lipinski definition) is 6. The molecule has 0 radical (unpaired) electrons. The summed E-state index contributed by atoms with van der Waals surface area (Å²) in [6.07, 6.45) is 6.98. The molecule has 1 saturated heterocycles. The topological polar surface area (TPSA) is 96.2 Å². The lowest BCUT2D eigenvalue weighted by Gasteiger charge is -2.14. The van der Waals surface area contributed by atoms with E-state index in [4.69, 9.17) is 9.47 Å². The molecule has 24 heavy (non-hydrogen) atoms. The molecule has 6 nitrogen and oxygen atoms in total. The predicted octanol–water partition coefficient (Wildman–Crippen LogP) is 2.28. The van der Waals surface area contributed by atoms with Crippen LogP contribution in [0.25, 0.3) is 0 Å². The van der Waals surface area contributed by atoms with Gasteiger partial charge in [0.1, 0.15) is 12.2 Å². The molecule has 1 aliphatic heterocycles. The zero-order valence-corrected chi connectivity index (χ0v) is 14.9. The maximum Gasteiger partial charge on any atom is 0.305 e. The summed E-state index contributed by atoms with van der Waals surface area (Å²) >= 11 is 0. The van der Waals surface area contributed by atoms with Crippen molar-refractivity contribution in [2.75, 3.05) is 6.61 Å². The SMILES string of the molecule is CCCCCCCCCCCC(=O)OCC[C@H]1OC(O)[C@H](O)[C@@H]1O. The van der Waals surface area contributed by atoms with Crippen molar-refractivity contribution < 1.29 is 29.6 Å². The van der Waals surface area contributed by atoms with Crippen molar-refractivity contribution in [1.29, 1.82) is 0 Å². The van der Waals surface area contributed by atoms with E-state index in [0.717, 1.165) is 19.3 Å². The molecule has 1 aliphatic rings. The third-order valence-corrected chi connectivity index (χ3v) is 4.49. The Balaban J connectivity index is 1.92. The molecule has 0 saturated carbocycles. The van der Waals surface area contributed by atoms with Gasteiger partial charge in [0.15, 0.2) is 6.29 Å². The van der Waals surface area contributed by atoms with Crippen LogP contribution in [-0.4, -0.2) is 52.5 Å². The highest BCUT2D eigenvalue weighted by molar-refractivity contribution is 5.69. The van der Waals surface area contributed by atoms with Crippen molar-refractivity contribution in [3.05, 3.63) is 0 Å². The molecule has 0 aromatic rings. The van der Waals surface area contributed by atoms with Crippen LogP contribution in [0.15, 0.2) is 0 Å². The molecule has 0 bridgehead atoms. The van der Waals surface area contributed by atoms with Crippen LogP contribution in [0, 0.1) is 0 Å². The molecule has 1 unspecified atom stereocenters. The maximum absolute atomic E-state index is 11.6. The molecule has 0 aromatic heterocycles. The van der Waals surface area contributed by atoms with Crippen molar-refractivity contribution in [2.45, 2.75) is 102 Å². The van der Waals surface area contributed by atoms with Crippen LogP contribution in [-0.2, 0) is 14.3 Å². The molecule has 3 N–H and O–H groups in total. The summed E-state index contributed by atoms with van der Waals surface area (Å²) in [7, 11) is 0. The first kappa shape index (κ1) is 21.4. The molecule has 4 atom stereocenters. The van der Waals surface area contributed by atoms with Gasteiger partial charge < -0.3 is 24.8 Å². The van der Waals surface area contributed by atoms with E-state index in [1.54, 1.807) is 0 Å². The normalized spacial score (nSPS) is 26.7. The summed E-state index contributed by atoms with van der Waals surface area (Å²) in [6, 6.07) is 0. The Morgan fingerprint density at radius 3 is 2.04 bits per heavy atom. The maximum atomic E-state index is 11.6. The average molecular weight is 346 g/mol. The van der Waals surface area contributed by atoms with Gasteiger partial charge >= 0.3 is 5.97 Å². The highest BCUT2D eigenvalue weighted by Crippen LogP contribution is 2.22. The standard InChI is InChI=1S/C18H34O6/c1-2-3-4-5-6-7-8-9-10-11-15(19)23-13-12-14-16(20)17(21)18(22)24-14/h14,16-18,20-22H,2-13H2,1H3/t14-,16-,17-,18?/m1/s1. The van der Waals surface area contributed by atoms with Crippen molar-refractivity contribution >= 4 is 5.97 Å². The Labute approximate surface area is 145 Å². The number of hydrogen-bond donors (Lipinski definition) is 3. The van der Waals surface area contributed by atoms with Gasteiger partial charge in [-0.15, -0.1) is 0 Å². The van der Waals surface area contributed by atoms with Crippen LogP contribution in [0.4, 0.5) is 0 Å². The third kappa shape index (κ3) is 8.42. The third-order valence-electron chi connectivity index (χ3n) is 4.49. The van der Waals surface area contributed by atoms with Gasteiger partial charge in [-0.2, -0.15) is 0 Å².